The standard InChI is InChI=1S/C16H23NO2S/c1-12(16(18)19-15-5-3-2-4-6-15)20-11-13-7-9-14(17)10-8-13/h7-10,12,15H,2-6,11,17H2,1H3. The van der Waals surface area contributed by atoms with Crippen LogP contribution >= 0.6 is 11.8 Å². The molecule has 2 rings (SSSR count). The van der Waals surface area contributed by atoms with E-state index >= 15 is 0 Å². The molecule has 0 heterocycles. The molecule has 0 bridgehead atoms. The predicted octanol–water partition coefficient (Wildman–Crippen LogP) is 3.77. The molecule has 20 heavy (non-hydrogen) atoms. The summed E-state index contributed by atoms with van der Waals surface area (Å²) in [7, 11) is 0. The molecular formula is C16H23NO2S. The highest BCUT2D eigenvalue weighted by Gasteiger charge is 2.21. The van der Waals surface area contributed by atoms with Crippen LogP contribution < -0.4 is 5.73 Å². The van der Waals surface area contributed by atoms with Crippen molar-refractivity contribution in [3.05, 3.63) is 29.8 Å². The van der Waals surface area contributed by atoms with Gasteiger partial charge in [0.1, 0.15) is 6.10 Å². The lowest BCUT2D eigenvalue weighted by atomic mass is 9.98. The Morgan fingerprint density at radius 1 is 1.30 bits per heavy atom. The van der Waals surface area contributed by atoms with Gasteiger partial charge in [0.05, 0.1) is 5.25 Å². The Morgan fingerprint density at radius 3 is 2.60 bits per heavy atom. The summed E-state index contributed by atoms with van der Waals surface area (Å²) in [6, 6.07) is 7.78. The highest BCUT2D eigenvalue weighted by molar-refractivity contribution is 7.99. The van der Waals surface area contributed by atoms with Crippen molar-refractivity contribution in [3.8, 4) is 0 Å². The highest BCUT2D eigenvalue weighted by Crippen LogP contribution is 2.24. The maximum absolute atomic E-state index is 12.0. The maximum Gasteiger partial charge on any atom is 0.319 e. The lowest BCUT2D eigenvalue weighted by Crippen LogP contribution is -2.26. The average molecular weight is 293 g/mol. The molecule has 0 aliphatic heterocycles. The second-order valence-corrected chi connectivity index (χ2v) is 6.72. The van der Waals surface area contributed by atoms with Crippen molar-refractivity contribution in [2.75, 3.05) is 5.73 Å². The van der Waals surface area contributed by atoms with Gasteiger partial charge in [-0.3, -0.25) is 4.79 Å². The SMILES string of the molecule is CC(SCc1ccc(N)cc1)C(=O)OC1CCCCC1. The third-order valence-electron chi connectivity index (χ3n) is 3.65. The van der Waals surface area contributed by atoms with Gasteiger partial charge in [-0.25, -0.2) is 0 Å². The summed E-state index contributed by atoms with van der Waals surface area (Å²) >= 11 is 1.62. The van der Waals surface area contributed by atoms with Crippen molar-refractivity contribution in [2.45, 2.75) is 56.1 Å². The molecule has 1 aliphatic rings. The fourth-order valence-corrected chi connectivity index (χ4v) is 3.17. The molecular weight excluding hydrogens is 270 g/mol. The van der Waals surface area contributed by atoms with Crippen LogP contribution in [0.25, 0.3) is 0 Å². The zero-order valence-corrected chi connectivity index (χ0v) is 12.8. The number of hydrogen-bond donors (Lipinski definition) is 1. The second-order valence-electron chi connectivity index (χ2n) is 5.39. The Bertz CT molecular complexity index is 427. The van der Waals surface area contributed by atoms with Crippen molar-refractivity contribution in [2.24, 2.45) is 0 Å². The Morgan fingerprint density at radius 2 is 1.95 bits per heavy atom. The molecule has 1 aliphatic carbocycles. The number of hydrogen-bond acceptors (Lipinski definition) is 4. The van der Waals surface area contributed by atoms with Gasteiger partial charge in [-0.1, -0.05) is 18.6 Å². The van der Waals surface area contributed by atoms with Crippen LogP contribution in [0.4, 0.5) is 5.69 Å². The minimum atomic E-state index is -0.116. The van der Waals surface area contributed by atoms with E-state index < -0.39 is 0 Å². The number of rotatable bonds is 5. The summed E-state index contributed by atoms with van der Waals surface area (Å²) in [6.45, 7) is 1.92. The topological polar surface area (TPSA) is 52.3 Å². The van der Waals surface area contributed by atoms with Crippen molar-refractivity contribution in [1.82, 2.24) is 0 Å². The normalized spacial score (nSPS) is 17.6. The second kappa shape index (κ2) is 7.58. The lowest BCUT2D eigenvalue weighted by molar-refractivity contribution is -0.149. The number of carbonyl (C=O) groups is 1. The van der Waals surface area contributed by atoms with Crippen molar-refractivity contribution >= 4 is 23.4 Å². The molecule has 4 heteroatoms. The molecule has 3 nitrogen and oxygen atoms in total. The average Bonchev–Trinajstić information content (AvgIpc) is 2.47. The van der Waals surface area contributed by atoms with Gasteiger partial charge in [-0.2, -0.15) is 0 Å². The van der Waals surface area contributed by atoms with E-state index in [2.05, 4.69) is 0 Å². The molecule has 1 aromatic rings. The minimum absolute atomic E-state index is 0.0719. The van der Waals surface area contributed by atoms with Gasteiger partial charge in [0.2, 0.25) is 0 Å². The van der Waals surface area contributed by atoms with E-state index in [9.17, 15) is 4.79 Å². The minimum Gasteiger partial charge on any atom is -0.462 e. The van der Waals surface area contributed by atoms with Crippen LogP contribution in [0.3, 0.4) is 0 Å². The fraction of sp³-hybridized carbons (Fsp3) is 0.562. The van der Waals surface area contributed by atoms with Crippen LogP contribution in [-0.4, -0.2) is 17.3 Å². The summed E-state index contributed by atoms with van der Waals surface area (Å²) < 4.78 is 5.58. The monoisotopic (exact) mass is 293 g/mol. The highest BCUT2D eigenvalue weighted by atomic mass is 32.2. The fourth-order valence-electron chi connectivity index (χ4n) is 2.35. The molecule has 0 spiro atoms. The van der Waals surface area contributed by atoms with Gasteiger partial charge in [-0.15, -0.1) is 11.8 Å². The van der Waals surface area contributed by atoms with Crippen LogP contribution in [0.15, 0.2) is 24.3 Å². The number of nitrogen functional groups attached to an aromatic ring is 1. The molecule has 110 valence electrons. The quantitative estimate of drug-likeness (QED) is 0.663. The first kappa shape index (κ1) is 15.2. The molecule has 1 unspecified atom stereocenters. The number of nitrogens with two attached hydrogens (primary N) is 1. The van der Waals surface area contributed by atoms with Crippen molar-refractivity contribution in [3.63, 3.8) is 0 Å². The predicted molar refractivity (Wildman–Crippen MR) is 84.6 cm³/mol. The van der Waals surface area contributed by atoms with Gasteiger partial charge in [-0.05, 0) is 50.3 Å². The largest absolute Gasteiger partial charge is 0.462 e. The number of thioether (sulfide) groups is 1. The van der Waals surface area contributed by atoms with Gasteiger partial charge in [0.15, 0.2) is 0 Å². The summed E-state index contributed by atoms with van der Waals surface area (Å²) in [5.41, 5.74) is 7.60. The Balaban J connectivity index is 1.74. The van der Waals surface area contributed by atoms with Gasteiger partial charge in [0.25, 0.3) is 0 Å². The van der Waals surface area contributed by atoms with E-state index in [4.69, 9.17) is 10.5 Å². The number of benzene rings is 1. The zero-order chi connectivity index (χ0) is 14.4. The zero-order valence-electron chi connectivity index (χ0n) is 12.0. The first-order chi connectivity index (χ1) is 9.65. The Labute approximate surface area is 125 Å². The van der Waals surface area contributed by atoms with Crippen LogP contribution in [-0.2, 0) is 15.3 Å². The first-order valence-electron chi connectivity index (χ1n) is 7.31. The van der Waals surface area contributed by atoms with Crippen LogP contribution in [0.2, 0.25) is 0 Å². The van der Waals surface area contributed by atoms with Crippen LogP contribution in [0, 0.1) is 0 Å². The van der Waals surface area contributed by atoms with Crippen molar-refractivity contribution in [1.29, 1.82) is 0 Å². The lowest BCUT2D eigenvalue weighted by Gasteiger charge is -2.23. The van der Waals surface area contributed by atoms with E-state index in [1.54, 1.807) is 11.8 Å². The number of ether oxygens (including phenoxy) is 1. The number of carbonyl (C=O) groups excluding carboxylic acids is 1. The van der Waals surface area contributed by atoms with E-state index in [0.29, 0.717) is 0 Å². The molecule has 1 fully saturated rings. The van der Waals surface area contributed by atoms with Gasteiger partial charge in [0, 0.05) is 11.4 Å². The maximum atomic E-state index is 12.0. The molecule has 0 aromatic heterocycles. The Hall–Kier alpha value is -1.16. The Kier molecular flexibility index (Phi) is 5.77. The molecule has 0 radical (unpaired) electrons. The number of esters is 1. The number of anilines is 1. The molecule has 2 N–H and O–H groups in total. The first-order valence-corrected chi connectivity index (χ1v) is 8.36. The molecule has 1 saturated carbocycles. The smallest absolute Gasteiger partial charge is 0.319 e. The summed E-state index contributed by atoms with van der Waals surface area (Å²) in [6.07, 6.45) is 5.85. The van der Waals surface area contributed by atoms with Crippen LogP contribution in [0.1, 0.15) is 44.6 Å². The van der Waals surface area contributed by atoms with E-state index in [0.717, 1.165) is 24.3 Å². The molecule has 0 amide bonds. The van der Waals surface area contributed by atoms with E-state index in [1.165, 1.54) is 24.8 Å². The third kappa shape index (κ3) is 4.75. The summed E-state index contributed by atoms with van der Waals surface area (Å²) in [5, 5.41) is -0.116. The summed E-state index contributed by atoms with van der Waals surface area (Å²) in [4.78, 5) is 12.0. The summed E-state index contributed by atoms with van der Waals surface area (Å²) in [5.74, 6) is 0.735. The molecule has 1 atom stereocenters. The van der Waals surface area contributed by atoms with Crippen molar-refractivity contribution < 1.29 is 9.53 Å². The van der Waals surface area contributed by atoms with Gasteiger partial charge >= 0.3 is 5.97 Å². The van der Waals surface area contributed by atoms with E-state index in [-0.39, 0.29) is 17.3 Å². The van der Waals surface area contributed by atoms with Crippen LogP contribution in [0.5, 0.6) is 0 Å². The van der Waals surface area contributed by atoms with Gasteiger partial charge < -0.3 is 10.5 Å². The molecule has 1 aromatic carbocycles. The third-order valence-corrected chi connectivity index (χ3v) is 4.84. The van der Waals surface area contributed by atoms with E-state index in [1.807, 2.05) is 31.2 Å². The molecule has 0 saturated heterocycles.